The number of aliphatic hydroxyl groups excluding tert-OH is 1. The monoisotopic (exact) mass is 269 g/mol. The van der Waals surface area contributed by atoms with Crippen LogP contribution < -0.4 is 9.47 Å². The molecule has 6 heteroatoms. The molecule has 1 atom stereocenters. The maximum atomic E-state index is 10.6. The summed E-state index contributed by atoms with van der Waals surface area (Å²) in [6.07, 6.45) is -0.829. The van der Waals surface area contributed by atoms with Crippen LogP contribution in [0.1, 0.15) is 11.7 Å². The maximum absolute atomic E-state index is 10.6. The van der Waals surface area contributed by atoms with Gasteiger partial charge < -0.3 is 19.7 Å². The van der Waals surface area contributed by atoms with Crippen molar-refractivity contribution in [3.8, 4) is 11.5 Å². The van der Waals surface area contributed by atoms with E-state index in [1.807, 2.05) is 0 Å². The standard InChI is InChI=1S/C13H19NO5/c1-14(8-13(16)17)7-11(15)10-5-4-9(18-2)6-12(10)19-3/h4-6,11,15H,7-8H2,1-3H3,(H,16,17). The van der Waals surface area contributed by atoms with Gasteiger partial charge in [0.05, 0.1) is 26.9 Å². The number of carboxylic acid groups (broad SMARTS) is 1. The number of aliphatic carboxylic acids is 1. The zero-order chi connectivity index (χ0) is 14.4. The van der Waals surface area contributed by atoms with Gasteiger partial charge in [0.2, 0.25) is 0 Å². The minimum absolute atomic E-state index is 0.129. The summed E-state index contributed by atoms with van der Waals surface area (Å²) in [4.78, 5) is 12.1. The van der Waals surface area contributed by atoms with Gasteiger partial charge in [-0.2, -0.15) is 0 Å². The quantitative estimate of drug-likeness (QED) is 0.760. The van der Waals surface area contributed by atoms with Crippen molar-refractivity contribution in [2.45, 2.75) is 6.10 Å². The van der Waals surface area contributed by atoms with Gasteiger partial charge in [0.1, 0.15) is 11.5 Å². The highest BCUT2D eigenvalue weighted by Crippen LogP contribution is 2.29. The van der Waals surface area contributed by atoms with Crippen LogP contribution >= 0.6 is 0 Å². The number of hydrogen-bond acceptors (Lipinski definition) is 5. The number of carboxylic acids is 1. The zero-order valence-electron chi connectivity index (χ0n) is 11.3. The number of carbonyl (C=O) groups is 1. The number of benzene rings is 1. The minimum Gasteiger partial charge on any atom is -0.497 e. The molecule has 0 radical (unpaired) electrons. The second-order valence-corrected chi connectivity index (χ2v) is 4.21. The fraction of sp³-hybridized carbons (Fsp3) is 0.462. The van der Waals surface area contributed by atoms with E-state index in [1.54, 1.807) is 32.4 Å². The molecule has 0 amide bonds. The average Bonchev–Trinajstić information content (AvgIpc) is 2.36. The lowest BCUT2D eigenvalue weighted by atomic mass is 10.1. The molecule has 19 heavy (non-hydrogen) atoms. The Balaban J connectivity index is 2.81. The molecule has 0 saturated carbocycles. The first kappa shape index (κ1) is 15.3. The Morgan fingerprint density at radius 3 is 2.58 bits per heavy atom. The third-order valence-corrected chi connectivity index (χ3v) is 2.69. The zero-order valence-corrected chi connectivity index (χ0v) is 11.3. The lowest BCUT2D eigenvalue weighted by Gasteiger charge is -2.20. The summed E-state index contributed by atoms with van der Waals surface area (Å²) in [5.74, 6) is 0.207. The predicted octanol–water partition coefficient (Wildman–Crippen LogP) is 0.754. The molecule has 6 nitrogen and oxygen atoms in total. The third kappa shape index (κ3) is 4.42. The third-order valence-electron chi connectivity index (χ3n) is 2.69. The highest BCUT2D eigenvalue weighted by Gasteiger charge is 2.17. The van der Waals surface area contributed by atoms with Crippen LogP contribution in [0.5, 0.6) is 11.5 Å². The number of methoxy groups -OCH3 is 2. The topological polar surface area (TPSA) is 79.2 Å². The van der Waals surface area contributed by atoms with Crippen LogP contribution in [0.3, 0.4) is 0 Å². The van der Waals surface area contributed by atoms with E-state index in [0.29, 0.717) is 17.1 Å². The summed E-state index contributed by atoms with van der Waals surface area (Å²) in [5.41, 5.74) is 0.598. The summed E-state index contributed by atoms with van der Waals surface area (Å²) in [6, 6.07) is 5.10. The largest absolute Gasteiger partial charge is 0.497 e. The Morgan fingerprint density at radius 1 is 1.37 bits per heavy atom. The molecule has 0 aliphatic heterocycles. The molecule has 0 fully saturated rings. The minimum atomic E-state index is -0.934. The Labute approximate surface area is 112 Å². The lowest BCUT2D eigenvalue weighted by Crippen LogP contribution is -2.30. The Morgan fingerprint density at radius 2 is 2.05 bits per heavy atom. The van der Waals surface area contributed by atoms with Crippen molar-refractivity contribution < 1.29 is 24.5 Å². The lowest BCUT2D eigenvalue weighted by molar-refractivity contribution is -0.138. The van der Waals surface area contributed by atoms with Crippen molar-refractivity contribution in [2.24, 2.45) is 0 Å². The molecule has 1 rings (SSSR count). The van der Waals surface area contributed by atoms with E-state index >= 15 is 0 Å². The predicted molar refractivity (Wildman–Crippen MR) is 69.6 cm³/mol. The molecule has 1 aromatic rings. The molecule has 0 bridgehead atoms. The van der Waals surface area contributed by atoms with Gasteiger partial charge in [-0.05, 0) is 19.2 Å². The van der Waals surface area contributed by atoms with Crippen LogP contribution in [0, 0.1) is 0 Å². The van der Waals surface area contributed by atoms with E-state index in [2.05, 4.69) is 0 Å². The summed E-state index contributed by atoms with van der Waals surface area (Å²) in [7, 11) is 4.69. The average molecular weight is 269 g/mol. The van der Waals surface area contributed by atoms with Crippen LogP contribution in [-0.2, 0) is 4.79 Å². The highest BCUT2D eigenvalue weighted by atomic mass is 16.5. The molecule has 0 aliphatic rings. The normalized spacial score (nSPS) is 12.3. The first-order valence-corrected chi connectivity index (χ1v) is 5.78. The fourth-order valence-electron chi connectivity index (χ4n) is 1.78. The van der Waals surface area contributed by atoms with Gasteiger partial charge in [0, 0.05) is 18.2 Å². The number of likely N-dealkylation sites (N-methyl/N-ethyl adjacent to an activating group) is 1. The fourth-order valence-corrected chi connectivity index (χ4v) is 1.78. The van der Waals surface area contributed by atoms with Crippen LogP contribution in [0.25, 0.3) is 0 Å². The van der Waals surface area contributed by atoms with Crippen molar-refractivity contribution in [1.29, 1.82) is 0 Å². The number of hydrogen-bond donors (Lipinski definition) is 2. The number of nitrogens with zero attached hydrogens (tertiary/aromatic N) is 1. The van der Waals surface area contributed by atoms with Crippen LogP contribution in [-0.4, -0.2) is 55.4 Å². The van der Waals surface area contributed by atoms with Crippen molar-refractivity contribution in [3.63, 3.8) is 0 Å². The molecule has 0 aromatic heterocycles. The number of aliphatic hydroxyl groups is 1. The molecule has 2 N–H and O–H groups in total. The van der Waals surface area contributed by atoms with E-state index < -0.39 is 12.1 Å². The Kier molecular flexibility index (Phi) is 5.59. The van der Waals surface area contributed by atoms with E-state index in [0.717, 1.165) is 0 Å². The first-order valence-electron chi connectivity index (χ1n) is 5.78. The second kappa shape index (κ2) is 6.96. The van der Waals surface area contributed by atoms with Crippen LogP contribution in [0.2, 0.25) is 0 Å². The van der Waals surface area contributed by atoms with Gasteiger partial charge in [0.15, 0.2) is 0 Å². The van der Waals surface area contributed by atoms with Crippen LogP contribution in [0.15, 0.2) is 18.2 Å². The molecular weight excluding hydrogens is 250 g/mol. The molecule has 0 heterocycles. The molecule has 0 saturated heterocycles. The van der Waals surface area contributed by atoms with Crippen molar-refractivity contribution >= 4 is 5.97 Å². The number of rotatable bonds is 7. The molecule has 1 aromatic carbocycles. The van der Waals surface area contributed by atoms with Gasteiger partial charge in [-0.15, -0.1) is 0 Å². The summed E-state index contributed by atoms with van der Waals surface area (Å²) in [6.45, 7) is 0.0739. The molecule has 106 valence electrons. The van der Waals surface area contributed by atoms with Crippen molar-refractivity contribution in [2.75, 3.05) is 34.4 Å². The molecular formula is C13H19NO5. The van der Waals surface area contributed by atoms with E-state index in [9.17, 15) is 9.90 Å². The highest BCUT2D eigenvalue weighted by molar-refractivity contribution is 5.69. The molecule has 1 unspecified atom stereocenters. The van der Waals surface area contributed by atoms with Gasteiger partial charge in [0.25, 0.3) is 0 Å². The Bertz CT molecular complexity index is 435. The summed E-state index contributed by atoms with van der Waals surface area (Å²) < 4.78 is 10.3. The van der Waals surface area contributed by atoms with Gasteiger partial charge in [-0.1, -0.05) is 0 Å². The SMILES string of the molecule is COc1ccc(C(O)CN(C)CC(=O)O)c(OC)c1. The smallest absolute Gasteiger partial charge is 0.317 e. The van der Waals surface area contributed by atoms with Gasteiger partial charge >= 0.3 is 5.97 Å². The van der Waals surface area contributed by atoms with E-state index in [1.165, 1.54) is 12.0 Å². The van der Waals surface area contributed by atoms with Gasteiger partial charge in [-0.25, -0.2) is 0 Å². The summed E-state index contributed by atoms with van der Waals surface area (Å²) in [5, 5.41) is 18.8. The van der Waals surface area contributed by atoms with Crippen molar-refractivity contribution in [1.82, 2.24) is 4.90 Å². The van der Waals surface area contributed by atoms with Crippen LogP contribution in [0.4, 0.5) is 0 Å². The first-order chi connectivity index (χ1) is 8.97. The van der Waals surface area contributed by atoms with E-state index in [-0.39, 0.29) is 13.1 Å². The van der Waals surface area contributed by atoms with Crippen molar-refractivity contribution in [3.05, 3.63) is 23.8 Å². The Hall–Kier alpha value is -1.79. The molecule has 0 spiro atoms. The number of ether oxygens (including phenoxy) is 2. The second-order valence-electron chi connectivity index (χ2n) is 4.21. The maximum Gasteiger partial charge on any atom is 0.317 e. The molecule has 0 aliphatic carbocycles. The van der Waals surface area contributed by atoms with E-state index in [4.69, 9.17) is 14.6 Å². The van der Waals surface area contributed by atoms with Gasteiger partial charge in [-0.3, -0.25) is 9.69 Å². The summed E-state index contributed by atoms with van der Waals surface area (Å²) >= 11 is 0.